The van der Waals surface area contributed by atoms with Crippen molar-refractivity contribution in [2.24, 2.45) is 23.7 Å². The van der Waals surface area contributed by atoms with Crippen molar-refractivity contribution in [1.29, 1.82) is 0 Å². The summed E-state index contributed by atoms with van der Waals surface area (Å²) in [6.07, 6.45) is 1.85. The summed E-state index contributed by atoms with van der Waals surface area (Å²) in [5.41, 5.74) is 3.21. The quantitative estimate of drug-likeness (QED) is 0.0791. The molecule has 4 amide bonds. The smallest absolute Gasteiger partial charge is 0.339 e. The van der Waals surface area contributed by atoms with Gasteiger partial charge in [-0.1, -0.05) is 83.4 Å². The van der Waals surface area contributed by atoms with Gasteiger partial charge >= 0.3 is 5.97 Å². The van der Waals surface area contributed by atoms with Crippen LogP contribution >= 0.6 is 23.2 Å². The molecule has 3 fully saturated rings. The molecule has 5 aromatic carbocycles. The molecule has 314 valence electrons. The van der Waals surface area contributed by atoms with Crippen LogP contribution in [0.5, 0.6) is 23.0 Å². The van der Waals surface area contributed by atoms with Crippen molar-refractivity contribution < 1.29 is 48.8 Å². The number of aromatic hydroxyl groups is 2. The van der Waals surface area contributed by atoms with E-state index < -0.39 is 75.9 Å². The molecule has 0 bridgehead atoms. The number of hydrogen-bond donors (Lipinski definition) is 4. The molecule has 0 unspecified atom stereocenters. The Labute approximate surface area is 364 Å². The number of carbonyl (C=O) groups excluding carboxylic acids is 4. The van der Waals surface area contributed by atoms with E-state index in [0.29, 0.717) is 27.7 Å². The number of amides is 4. The summed E-state index contributed by atoms with van der Waals surface area (Å²) in [5.74, 6) is -8.81. The third-order valence-electron chi connectivity index (χ3n) is 12.6. The molecule has 2 aliphatic carbocycles. The molecule has 15 heteroatoms. The fourth-order valence-electron chi connectivity index (χ4n) is 9.88. The largest absolute Gasteiger partial charge is 0.508 e. The minimum atomic E-state index is -1.74. The van der Waals surface area contributed by atoms with Crippen LogP contribution in [0.2, 0.25) is 10.0 Å². The van der Waals surface area contributed by atoms with Crippen LogP contribution in [0.15, 0.2) is 121 Å². The van der Waals surface area contributed by atoms with E-state index >= 15 is 9.59 Å². The number of benzene rings is 5. The molecule has 0 radical (unpaired) electrons. The summed E-state index contributed by atoms with van der Waals surface area (Å²) in [5, 5.41) is 33.6. The maximum atomic E-state index is 15.6. The Morgan fingerprint density at radius 2 is 1.56 bits per heavy atom. The van der Waals surface area contributed by atoms with Crippen LogP contribution in [0.4, 0.5) is 11.4 Å². The lowest BCUT2D eigenvalue weighted by molar-refractivity contribution is -0.138. The summed E-state index contributed by atoms with van der Waals surface area (Å²) in [7, 11) is 1.50. The third-order valence-corrected chi connectivity index (χ3v) is 13.2. The highest BCUT2D eigenvalue weighted by molar-refractivity contribution is 6.36. The highest BCUT2D eigenvalue weighted by Crippen LogP contribution is 2.65. The summed E-state index contributed by atoms with van der Waals surface area (Å²) in [4.78, 5) is 72.2. The van der Waals surface area contributed by atoms with E-state index in [-0.39, 0.29) is 47.2 Å². The number of fused-ring (bicyclic) bond motifs is 4. The number of halogens is 2. The number of imide groups is 2. The highest BCUT2D eigenvalue weighted by atomic mass is 35.5. The number of anilines is 2. The van der Waals surface area contributed by atoms with Gasteiger partial charge in [0.2, 0.25) is 11.8 Å². The molecule has 0 spiro atoms. The molecule has 2 heterocycles. The van der Waals surface area contributed by atoms with Crippen LogP contribution in [0.1, 0.15) is 45.8 Å². The average Bonchev–Trinajstić information content (AvgIpc) is 3.64. The minimum Gasteiger partial charge on any atom is -0.508 e. The normalized spacial score (nSPS) is 24.0. The highest BCUT2D eigenvalue weighted by Gasteiger charge is 2.70. The number of carbonyl (C=O) groups is 5. The van der Waals surface area contributed by atoms with E-state index in [1.165, 1.54) is 31.4 Å². The van der Waals surface area contributed by atoms with Crippen molar-refractivity contribution in [1.82, 2.24) is 5.01 Å². The van der Waals surface area contributed by atoms with E-state index in [1.54, 1.807) is 42.5 Å². The number of ether oxygens (including phenoxy) is 2. The third kappa shape index (κ3) is 6.42. The number of hydrazine groups is 1. The number of nitrogens with one attached hydrogen (secondary N) is 1. The van der Waals surface area contributed by atoms with Crippen molar-refractivity contribution in [3.05, 3.63) is 153 Å². The lowest BCUT2D eigenvalue weighted by atomic mass is 9.49. The van der Waals surface area contributed by atoms with Gasteiger partial charge in [0.05, 0.1) is 46.7 Å². The zero-order valence-corrected chi connectivity index (χ0v) is 34.3. The SMILES string of the molecule is COc1ccc([C@@]23C(=O)N(Nc4ccc(Cl)cc4Cl)C(=O)[C@@H]2C[C@@H]2C(=CC[C@@H]4C(=O)N(c5ccc(C(=O)O)c(O)c5)C(=O)[C@@H]42)[C@@H]3c2ccc(OCc3ccccc3)cc2O)cc1. The van der Waals surface area contributed by atoms with Crippen molar-refractivity contribution >= 4 is 64.2 Å². The summed E-state index contributed by atoms with van der Waals surface area (Å²) >= 11 is 12.8. The van der Waals surface area contributed by atoms with Gasteiger partial charge in [0.15, 0.2) is 0 Å². The van der Waals surface area contributed by atoms with E-state index in [2.05, 4.69) is 5.43 Å². The monoisotopic (exact) mass is 873 g/mol. The number of phenolic OH excluding ortho intramolecular Hbond substituents is 1. The molecule has 2 saturated heterocycles. The van der Waals surface area contributed by atoms with Crippen LogP contribution in [-0.4, -0.2) is 57.0 Å². The Kier molecular flexibility index (Phi) is 10.2. The summed E-state index contributed by atoms with van der Waals surface area (Å²) in [6.45, 7) is 0.210. The van der Waals surface area contributed by atoms with Crippen molar-refractivity contribution in [3.8, 4) is 23.0 Å². The van der Waals surface area contributed by atoms with Crippen molar-refractivity contribution in [3.63, 3.8) is 0 Å². The Bertz CT molecular complexity index is 2730. The fourth-order valence-corrected chi connectivity index (χ4v) is 10.3. The number of hydrogen-bond acceptors (Lipinski definition) is 10. The number of carboxylic acid groups (broad SMARTS) is 1. The van der Waals surface area contributed by atoms with Crippen molar-refractivity contribution in [2.45, 2.75) is 30.8 Å². The maximum Gasteiger partial charge on any atom is 0.339 e. The first-order chi connectivity index (χ1) is 29.8. The summed E-state index contributed by atoms with van der Waals surface area (Å²) < 4.78 is 11.5. The minimum absolute atomic E-state index is 0.00976. The molecule has 6 atom stereocenters. The first kappa shape index (κ1) is 40.6. The second-order valence-electron chi connectivity index (χ2n) is 15.7. The topological polar surface area (TPSA) is 183 Å². The van der Waals surface area contributed by atoms with E-state index in [0.717, 1.165) is 27.6 Å². The Hall–Kier alpha value is -6.83. The van der Waals surface area contributed by atoms with Gasteiger partial charge in [0, 0.05) is 28.6 Å². The fraction of sp³-hybridized carbons (Fsp3) is 0.213. The van der Waals surface area contributed by atoms with Gasteiger partial charge in [0.25, 0.3) is 11.8 Å². The zero-order valence-electron chi connectivity index (χ0n) is 32.8. The number of phenols is 2. The number of carboxylic acids is 1. The molecule has 62 heavy (non-hydrogen) atoms. The molecule has 5 aromatic rings. The predicted octanol–water partition coefficient (Wildman–Crippen LogP) is 7.88. The van der Waals surface area contributed by atoms with Crippen LogP contribution < -0.4 is 19.8 Å². The van der Waals surface area contributed by atoms with Crippen LogP contribution in [0, 0.1) is 23.7 Å². The van der Waals surface area contributed by atoms with Gasteiger partial charge in [-0.3, -0.25) is 24.6 Å². The Morgan fingerprint density at radius 1 is 0.823 bits per heavy atom. The second kappa shape index (κ2) is 15.6. The molecular formula is C47H37Cl2N3O10. The number of allylic oxidation sites excluding steroid dienone is 2. The lowest BCUT2D eigenvalue weighted by Crippen LogP contribution is -2.53. The molecule has 0 aromatic heterocycles. The molecule has 4 N–H and O–H groups in total. The first-order valence-electron chi connectivity index (χ1n) is 19.7. The lowest BCUT2D eigenvalue weighted by Gasteiger charge is -2.50. The number of rotatable bonds is 10. The van der Waals surface area contributed by atoms with Gasteiger partial charge in [-0.2, -0.15) is 5.01 Å². The Balaban J connectivity index is 1.20. The summed E-state index contributed by atoms with van der Waals surface area (Å²) in [6, 6.07) is 29.1. The number of aromatic carboxylic acids is 1. The van der Waals surface area contributed by atoms with Crippen LogP contribution in [0.3, 0.4) is 0 Å². The standard InChI is InChI=1S/C47H37Cl2N3O10/c1-61-28-11-7-25(8-12-28)47-35(43(56)52(46(47)60)50-37-18-9-26(48)19-36(37)49)22-34-30(41(47)31-15-13-29(21-39(31)54)62-23-24-5-3-2-4-6-24)16-17-33-40(34)44(57)51(42(33)55)27-10-14-32(45(58)59)38(53)20-27/h2-16,18-21,33-35,40-41,50,53-54H,17,22-23H2,1H3,(H,58,59)/t33-,34+,35-,40-,41+,47+/m0/s1. The molecule has 2 aliphatic heterocycles. The first-order valence-corrected chi connectivity index (χ1v) is 20.5. The van der Waals surface area contributed by atoms with Crippen LogP contribution in [-0.2, 0) is 31.2 Å². The molecular weight excluding hydrogens is 837 g/mol. The molecule has 9 rings (SSSR count). The number of methoxy groups -OCH3 is 1. The molecule has 13 nitrogen and oxygen atoms in total. The van der Waals surface area contributed by atoms with Gasteiger partial charge in [-0.15, -0.1) is 0 Å². The maximum absolute atomic E-state index is 15.6. The van der Waals surface area contributed by atoms with E-state index in [4.69, 9.17) is 32.7 Å². The molecule has 1 saturated carbocycles. The van der Waals surface area contributed by atoms with E-state index in [1.807, 2.05) is 36.4 Å². The predicted molar refractivity (Wildman–Crippen MR) is 227 cm³/mol. The van der Waals surface area contributed by atoms with Gasteiger partial charge in [-0.05, 0) is 78.4 Å². The van der Waals surface area contributed by atoms with E-state index in [9.17, 15) is 29.7 Å². The van der Waals surface area contributed by atoms with Crippen LogP contribution in [0.25, 0.3) is 0 Å². The second-order valence-corrected chi connectivity index (χ2v) is 16.6. The van der Waals surface area contributed by atoms with Crippen molar-refractivity contribution in [2.75, 3.05) is 17.4 Å². The van der Waals surface area contributed by atoms with Gasteiger partial charge in [-0.25, -0.2) is 9.69 Å². The zero-order chi connectivity index (χ0) is 43.6. The average molecular weight is 875 g/mol. The number of nitrogens with zero attached hydrogens (tertiary/aromatic N) is 2. The van der Waals surface area contributed by atoms with Gasteiger partial charge in [0.1, 0.15) is 35.2 Å². The molecule has 4 aliphatic rings. The van der Waals surface area contributed by atoms with Gasteiger partial charge < -0.3 is 24.8 Å². The Morgan fingerprint density at radius 3 is 2.24 bits per heavy atom.